The minimum absolute atomic E-state index is 0.137. The second-order valence-corrected chi connectivity index (χ2v) is 6.50. The maximum atomic E-state index is 5.53. The van der Waals surface area contributed by atoms with Crippen molar-refractivity contribution >= 4 is 5.95 Å². The molecule has 0 spiro atoms. The number of nitrogens with zero attached hydrogens (tertiary/aromatic N) is 3. The van der Waals surface area contributed by atoms with Gasteiger partial charge in [-0.05, 0) is 36.6 Å². The van der Waals surface area contributed by atoms with Crippen molar-refractivity contribution in [2.75, 3.05) is 12.1 Å². The normalized spacial score (nSPS) is 20.8. The number of anilines is 1. The van der Waals surface area contributed by atoms with Gasteiger partial charge in [0.25, 0.3) is 0 Å². The van der Waals surface area contributed by atoms with Crippen molar-refractivity contribution < 1.29 is 9.47 Å². The van der Waals surface area contributed by atoms with Crippen LogP contribution < -0.4 is 14.8 Å². The molecule has 6 nitrogen and oxygen atoms in total. The van der Waals surface area contributed by atoms with E-state index in [4.69, 9.17) is 9.47 Å². The second kappa shape index (κ2) is 5.51. The Hall–Kier alpha value is -3.02. The highest BCUT2D eigenvalue weighted by molar-refractivity contribution is 5.47. The number of aryl methyl sites for hydroxylation is 1. The first kappa shape index (κ1) is 14.3. The molecule has 1 N–H and O–H groups in total. The van der Waals surface area contributed by atoms with Crippen molar-refractivity contribution in [3.63, 3.8) is 0 Å². The van der Waals surface area contributed by atoms with Crippen molar-refractivity contribution in [1.29, 1.82) is 0 Å². The van der Waals surface area contributed by atoms with Crippen LogP contribution in [-0.4, -0.2) is 21.6 Å². The number of ether oxygens (including phenoxy) is 2. The smallest absolute Gasteiger partial charge is 0.231 e. The Labute approximate surface area is 145 Å². The summed E-state index contributed by atoms with van der Waals surface area (Å²) in [5.41, 5.74) is 3.66. The van der Waals surface area contributed by atoms with Crippen molar-refractivity contribution in [3.8, 4) is 11.5 Å². The topological polar surface area (TPSA) is 61.2 Å². The lowest BCUT2D eigenvalue weighted by Gasteiger charge is -2.32. The molecule has 0 saturated carbocycles. The molecule has 0 bridgehead atoms. The summed E-state index contributed by atoms with van der Waals surface area (Å²) in [6, 6.07) is 15.0. The summed E-state index contributed by atoms with van der Waals surface area (Å²) in [6.07, 6.45) is 2.49. The van der Waals surface area contributed by atoms with E-state index in [0.717, 1.165) is 29.4 Å². The fraction of sp³-hybridized carbons (Fsp3) is 0.263. The third kappa shape index (κ3) is 2.41. The minimum atomic E-state index is 0.137. The summed E-state index contributed by atoms with van der Waals surface area (Å²) >= 11 is 0. The highest BCUT2D eigenvalue weighted by Gasteiger charge is 2.30. The first-order valence-corrected chi connectivity index (χ1v) is 8.40. The zero-order chi connectivity index (χ0) is 16.8. The molecule has 0 saturated heterocycles. The van der Waals surface area contributed by atoms with Crippen molar-refractivity contribution in [2.45, 2.75) is 25.4 Å². The van der Waals surface area contributed by atoms with Crippen LogP contribution in [-0.2, 0) is 0 Å². The van der Waals surface area contributed by atoms with Crippen LogP contribution in [0.25, 0.3) is 0 Å². The van der Waals surface area contributed by atoms with Crippen molar-refractivity contribution in [3.05, 3.63) is 65.5 Å². The first-order chi connectivity index (χ1) is 12.3. The molecular weight excluding hydrogens is 316 g/mol. The van der Waals surface area contributed by atoms with Gasteiger partial charge in [-0.15, -0.1) is 0 Å². The Morgan fingerprint density at radius 3 is 2.72 bits per heavy atom. The molecule has 0 aliphatic carbocycles. The predicted molar refractivity (Wildman–Crippen MR) is 92.9 cm³/mol. The summed E-state index contributed by atoms with van der Waals surface area (Å²) in [5, 5.41) is 7.91. The van der Waals surface area contributed by atoms with Gasteiger partial charge in [-0.2, -0.15) is 10.1 Å². The fourth-order valence-electron chi connectivity index (χ4n) is 3.53. The number of aromatic nitrogens is 3. The molecule has 0 fully saturated rings. The molecule has 25 heavy (non-hydrogen) atoms. The van der Waals surface area contributed by atoms with Crippen LogP contribution >= 0.6 is 0 Å². The minimum Gasteiger partial charge on any atom is -0.454 e. The molecule has 3 aromatic rings. The van der Waals surface area contributed by atoms with Gasteiger partial charge < -0.3 is 14.8 Å². The average molecular weight is 334 g/mol. The Bertz CT molecular complexity index is 919. The number of benzene rings is 2. The summed E-state index contributed by atoms with van der Waals surface area (Å²) in [6.45, 7) is 2.39. The molecule has 1 aromatic heterocycles. The largest absolute Gasteiger partial charge is 0.454 e. The van der Waals surface area contributed by atoms with E-state index >= 15 is 0 Å². The van der Waals surface area contributed by atoms with E-state index < -0.39 is 0 Å². The molecule has 2 aromatic carbocycles. The van der Waals surface area contributed by atoms with Crippen LogP contribution in [0.2, 0.25) is 0 Å². The van der Waals surface area contributed by atoms with Gasteiger partial charge in [0, 0.05) is 0 Å². The molecule has 5 rings (SSSR count). The Morgan fingerprint density at radius 1 is 1.04 bits per heavy atom. The second-order valence-electron chi connectivity index (χ2n) is 6.50. The molecule has 126 valence electrons. The van der Waals surface area contributed by atoms with E-state index in [1.165, 1.54) is 11.1 Å². The highest BCUT2D eigenvalue weighted by Crippen LogP contribution is 2.40. The maximum Gasteiger partial charge on any atom is 0.231 e. The van der Waals surface area contributed by atoms with Gasteiger partial charge >= 0.3 is 0 Å². The third-order valence-corrected chi connectivity index (χ3v) is 4.89. The number of nitrogens with one attached hydrogen (secondary N) is 1. The van der Waals surface area contributed by atoms with E-state index in [9.17, 15) is 0 Å². The van der Waals surface area contributed by atoms with Gasteiger partial charge in [-0.25, -0.2) is 4.68 Å². The van der Waals surface area contributed by atoms with Gasteiger partial charge in [0.15, 0.2) is 11.5 Å². The SMILES string of the molecule is Cc1ccc([C@@H]2C[C@@H](c3ccc4c(c3)OCO4)Nc3ncnn32)cc1. The molecular formula is C19H18N4O2. The number of hydrogen-bond acceptors (Lipinski definition) is 5. The summed E-state index contributed by atoms with van der Waals surface area (Å²) < 4.78 is 12.9. The molecule has 2 aliphatic heterocycles. The van der Waals surface area contributed by atoms with Gasteiger partial charge in [-0.1, -0.05) is 35.9 Å². The molecule has 3 heterocycles. The molecule has 0 radical (unpaired) electrons. The highest BCUT2D eigenvalue weighted by atomic mass is 16.7. The van der Waals surface area contributed by atoms with Crippen molar-refractivity contribution in [2.24, 2.45) is 0 Å². The van der Waals surface area contributed by atoms with Crippen LogP contribution in [0.3, 0.4) is 0 Å². The summed E-state index contributed by atoms with van der Waals surface area (Å²) in [4.78, 5) is 4.38. The third-order valence-electron chi connectivity index (χ3n) is 4.89. The standard InChI is InChI=1S/C19H18N4O2/c1-12-2-4-13(5-3-12)16-9-15(22-19-20-10-21-23(16)19)14-6-7-17-18(8-14)25-11-24-17/h2-8,10,15-16H,9,11H2,1H3,(H,20,21,22)/t15-,16-/m0/s1. The van der Waals surface area contributed by atoms with E-state index in [-0.39, 0.29) is 18.9 Å². The molecule has 2 aliphatic rings. The van der Waals surface area contributed by atoms with E-state index in [2.05, 4.69) is 58.7 Å². The Balaban J connectivity index is 1.52. The van der Waals surface area contributed by atoms with Crippen LogP contribution in [0.1, 0.15) is 35.2 Å². The van der Waals surface area contributed by atoms with Gasteiger partial charge in [0.1, 0.15) is 6.33 Å². The quantitative estimate of drug-likeness (QED) is 0.778. The van der Waals surface area contributed by atoms with Crippen LogP contribution in [0.5, 0.6) is 11.5 Å². The molecule has 6 heteroatoms. The van der Waals surface area contributed by atoms with Crippen LogP contribution in [0, 0.1) is 6.92 Å². The lowest BCUT2D eigenvalue weighted by Crippen LogP contribution is -2.28. The van der Waals surface area contributed by atoms with Gasteiger partial charge in [-0.3, -0.25) is 0 Å². The fourth-order valence-corrected chi connectivity index (χ4v) is 3.53. The van der Waals surface area contributed by atoms with E-state index in [0.29, 0.717) is 0 Å². The first-order valence-electron chi connectivity index (χ1n) is 8.40. The van der Waals surface area contributed by atoms with Crippen LogP contribution in [0.15, 0.2) is 48.8 Å². The van der Waals surface area contributed by atoms with Gasteiger partial charge in [0.05, 0.1) is 12.1 Å². The predicted octanol–water partition coefficient (Wildman–Crippen LogP) is 3.46. The zero-order valence-electron chi connectivity index (χ0n) is 13.8. The lowest BCUT2D eigenvalue weighted by atomic mass is 9.93. The van der Waals surface area contributed by atoms with Crippen LogP contribution in [0.4, 0.5) is 5.95 Å². The van der Waals surface area contributed by atoms with Crippen molar-refractivity contribution in [1.82, 2.24) is 14.8 Å². The average Bonchev–Trinajstić information content (AvgIpc) is 3.29. The maximum absolute atomic E-state index is 5.53. The van der Waals surface area contributed by atoms with Gasteiger partial charge in [0.2, 0.25) is 12.7 Å². The number of fused-ring (bicyclic) bond motifs is 2. The number of rotatable bonds is 2. The molecule has 0 amide bonds. The molecule has 0 unspecified atom stereocenters. The lowest BCUT2D eigenvalue weighted by molar-refractivity contribution is 0.174. The number of hydrogen-bond donors (Lipinski definition) is 1. The van der Waals surface area contributed by atoms with E-state index in [1.807, 2.05) is 10.7 Å². The van der Waals surface area contributed by atoms with E-state index in [1.54, 1.807) is 6.33 Å². The molecule has 2 atom stereocenters. The summed E-state index contributed by atoms with van der Waals surface area (Å²) in [7, 11) is 0. The monoisotopic (exact) mass is 334 g/mol. The summed E-state index contributed by atoms with van der Waals surface area (Å²) in [5.74, 6) is 2.40. The Morgan fingerprint density at radius 2 is 1.84 bits per heavy atom. The Kier molecular flexibility index (Phi) is 3.16. The zero-order valence-corrected chi connectivity index (χ0v) is 13.8.